The Kier molecular flexibility index (Phi) is 12.8. The molecule has 0 aliphatic rings. The number of nitrogens with one attached hydrogen (secondary N) is 1. The Morgan fingerprint density at radius 1 is 1.02 bits per heavy atom. The highest BCUT2D eigenvalue weighted by Gasteiger charge is 2.38. The van der Waals surface area contributed by atoms with Crippen LogP contribution in [-0.2, 0) is 20.9 Å². The molecule has 2 aromatic carbocycles. The number of rotatable bonds is 10. The second kappa shape index (κ2) is 15.6. The van der Waals surface area contributed by atoms with Crippen LogP contribution in [0.5, 0.6) is 0 Å². The molecular weight excluding hydrogens is 601 g/mol. The summed E-state index contributed by atoms with van der Waals surface area (Å²) >= 11 is 0. The Labute approximate surface area is 258 Å². The van der Waals surface area contributed by atoms with Crippen molar-refractivity contribution in [3.63, 3.8) is 0 Å². The highest BCUT2D eigenvalue weighted by Crippen LogP contribution is 2.41. The van der Waals surface area contributed by atoms with Crippen molar-refractivity contribution < 1.29 is 41.4 Å². The van der Waals surface area contributed by atoms with Crippen LogP contribution >= 0.6 is 0 Å². The third kappa shape index (κ3) is 10.4. The molecular formula is C31H38F5N5O4. The minimum Gasteiger partial charge on any atom is -0.475 e. The maximum absolute atomic E-state index is 14.8. The van der Waals surface area contributed by atoms with Crippen LogP contribution in [0.4, 0.5) is 22.0 Å². The van der Waals surface area contributed by atoms with Gasteiger partial charge < -0.3 is 31.4 Å². The monoisotopic (exact) mass is 639 g/mol. The lowest BCUT2D eigenvalue weighted by Gasteiger charge is -2.41. The molecule has 2 amide bonds. The highest BCUT2D eigenvalue weighted by molar-refractivity contribution is 5.81. The Bertz CT molecular complexity index is 1450. The van der Waals surface area contributed by atoms with Crippen LogP contribution in [-0.4, -0.2) is 64.7 Å². The lowest BCUT2D eigenvalue weighted by molar-refractivity contribution is -0.192. The number of nitrogens with two attached hydrogens (primary N) is 2. The molecule has 246 valence electrons. The number of aromatic nitrogens is 1. The van der Waals surface area contributed by atoms with Crippen LogP contribution in [0.25, 0.3) is 11.1 Å². The van der Waals surface area contributed by atoms with Gasteiger partial charge in [-0.05, 0) is 41.7 Å². The van der Waals surface area contributed by atoms with Crippen molar-refractivity contribution in [1.82, 2.24) is 14.8 Å². The van der Waals surface area contributed by atoms with E-state index in [2.05, 4.69) is 5.32 Å². The first-order valence-corrected chi connectivity index (χ1v) is 13.9. The van der Waals surface area contributed by atoms with Gasteiger partial charge in [-0.15, -0.1) is 0 Å². The lowest BCUT2D eigenvalue weighted by Crippen LogP contribution is -2.48. The number of carboxylic acids is 1. The van der Waals surface area contributed by atoms with Crippen LogP contribution in [0, 0.1) is 17.0 Å². The number of alkyl halides is 3. The smallest absolute Gasteiger partial charge is 0.475 e. The number of hydrogen-bond acceptors (Lipinski definition) is 5. The van der Waals surface area contributed by atoms with E-state index >= 15 is 0 Å². The van der Waals surface area contributed by atoms with Crippen molar-refractivity contribution in [2.24, 2.45) is 16.9 Å². The fourth-order valence-electron chi connectivity index (χ4n) is 4.72. The Morgan fingerprint density at radius 2 is 1.62 bits per heavy atom. The summed E-state index contributed by atoms with van der Waals surface area (Å²) < 4.78 is 62.6. The second-order valence-electron chi connectivity index (χ2n) is 11.3. The summed E-state index contributed by atoms with van der Waals surface area (Å²) in [7, 11) is 1.51. The van der Waals surface area contributed by atoms with Gasteiger partial charge in [-0.2, -0.15) is 13.2 Å². The minimum atomic E-state index is -5.08. The lowest BCUT2D eigenvalue weighted by atomic mass is 9.82. The van der Waals surface area contributed by atoms with E-state index in [0.717, 1.165) is 23.4 Å². The molecule has 0 aliphatic carbocycles. The van der Waals surface area contributed by atoms with E-state index < -0.39 is 41.3 Å². The van der Waals surface area contributed by atoms with Crippen LogP contribution in [0.15, 0.2) is 60.8 Å². The van der Waals surface area contributed by atoms with Gasteiger partial charge in [-0.3, -0.25) is 9.59 Å². The highest BCUT2D eigenvalue weighted by atomic mass is 19.4. The molecule has 0 saturated heterocycles. The first-order chi connectivity index (χ1) is 20.9. The van der Waals surface area contributed by atoms with Gasteiger partial charge >= 0.3 is 12.1 Å². The molecule has 1 aromatic heterocycles. The van der Waals surface area contributed by atoms with Crippen molar-refractivity contribution in [3.05, 3.63) is 83.7 Å². The first-order valence-electron chi connectivity index (χ1n) is 13.9. The largest absolute Gasteiger partial charge is 0.490 e. The normalized spacial score (nSPS) is 12.9. The quantitative estimate of drug-likeness (QED) is 0.242. The van der Waals surface area contributed by atoms with E-state index in [1.807, 2.05) is 55.7 Å². The zero-order valence-electron chi connectivity index (χ0n) is 25.4. The van der Waals surface area contributed by atoms with Gasteiger partial charge in [-0.1, -0.05) is 51.1 Å². The molecule has 0 radical (unpaired) electrons. The Morgan fingerprint density at radius 3 is 2.13 bits per heavy atom. The molecule has 0 bridgehead atoms. The predicted octanol–water partition coefficient (Wildman–Crippen LogP) is 4.45. The molecule has 45 heavy (non-hydrogen) atoms. The predicted molar refractivity (Wildman–Crippen MR) is 159 cm³/mol. The van der Waals surface area contributed by atoms with E-state index in [4.69, 9.17) is 21.4 Å². The summed E-state index contributed by atoms with van der Waals surface area (Å²) in [6.45, 7) is 6.39. The van der Waals surface area contributed by atoms with Crippen LogP contribution in [0.1, 0.15) is 44.5 Å². The van der Waals surface area contributed by atoms with Gasteiger partial charge in [0.15, 0.2) is 0 Å². The summed E-state index contributed by atoms with van der Waals surface area (Å²) in [6.07, 6.45) is -3.08. The number of carbonyl (C=O) groups excluding carboxylic acids is 2. The fraction of sp³-hybridized carbons (Fsp3) is 0.387. The molecule has 0 spiro atoms. The molecule has 14 heteroatoms. The van der Waals surface area contributed by atoms with Crippen molar-refractivity contribution in [2.45, 2.75) is 52.0 Å². The van der Waals surface area contributed by atoms with Crippen molar-refractivity contribution in [3.8, 4) is 11.1 Å². The van der Waals surface area contributed by atoms with E-state index in [1.54, 1.807) is 17.2 Å². The zero-order valence-corrected chi connectivity index (χ0v) is 25.4. The molecule has 3 rings (SSSR count). The summed E-state index contributed by atoms with van der Waals surface area (Å²) in [5.41, 5.74) is 13.7. The molecule has 0 unspecified atom stereocenters. The molecule has 0 fully saturated rings. The number of nitrogens with zero attached hydrogens (tertiary/aromatic N) is 2. The van der Waals surface area contributed by atoms with E-state index in [9.17, 15) is 31.5 Å². The third-order valence-electron chi connectivity index (χ3n) is 6.78. The average molecular weight is 640 g/mol. The molecule has 1 heterocycles. The van der Waals surface area contributed by atoms with E-state index in [0.29, 0.717) is 12.1 Å². The van der Waals surface area contributed by atoms with E-state index in [1.165, 1.54) is 13.1 Å². The van der Waals surface area contributed by atoms with Crippen molar-refractivity contribution in [2.75, 3.05) is 20.1 Å². The molecule has 9 nitrogen and oxygen atoms in total. The second-order valence-corrected chi connectivity index (χ2v) is 11.3. The number of benzene rings is 2. The number of halogens is 5. The van der Waals surface area contributed by atoms with Gasteiger partial charge in [0, 0.05) is 43.2 Å². The van der Waals surface area contributed by atoms with Crippen LogP contribution < -0.4 is 16.8 Å². The van der Waals surface area contributed by atoms with Gasteiger partial charge in [0.25, 0.3) is 0 Å². The third-order valence-corrected chi connectivity index (χ3v) is 6.78. The van der Waals surface area contributed by atoms with Crippen molar-refractivity contribution >= 4 is 17.8 Å². The molecule has 0 saturated carbocycles. The maximum Gasteiger partial charge on any atom is 0.490 e. The number of aliphatic carboxylic acids is 1. The van der Waals surface area contributed by atoms with Gasteiger partial charge in [0.1, 0.15) is 11.6 Å². The molecule has 6 N–H and O–H groups in total. The summed E-state index contributed by atoms with van der Waals surface area (Å²) in [6, 6.07) is 13.6. The van der Waals surface area contributed by atoms with Crippen LogP contribution in [0.3, 0.4) is 0 Å². The number of hydrogen-bond donors (Lipinski definition) is 4. The van der Waals surface area contributed by atoms with Gasteiger partial charge in [-0.25, -0.2) is 13.6 Å². The topological polar surface area (TPSA) is 144 Å². The fourth-order valence-corrected chi connectivity index (χ4v) is 4.72. The number of likely N-dealkylation sites (N-methyl/N-ethyl adjacent to an activating group) is 1. The van der Waals surface area contributed by atoms with Crippen molar-refractivity contribution in [1.29, 1.82) is 0 Å². The average Bonchev–Trinajstić information content (AvgIpc) is 3.37. The van der Waals surface area contributed by atoms with Gasteiger partial charge in [0.05, 0.1) is 18.6 Å². The maximum atomic E-state index is 14.8. The number of carbonyl (C=O) groups is 3. The first kappa shape index (κ1) is 36.9. The molecule has 0 aliphatic heterocycles. The summed E-state index contributed by atoms with van der Waals surface area (Å²) in [5, 5.41) is 9.65. The molecule has 3 aromatic rings. The summed E-state index contributed by atoms with van der Waals surface area (Å²) in [5.74, 6) is -4.48. The van der Waals surface area contributed by atoms with Gasteiger partial charge in [0.2, 0.25) is 11.8 Å². The van der Waals surface area contributed by atoms with E-state index in [-0.39, 0.29) is 36.9 Å². The number of carboxylic acid groups (broad SMARTS) is 1. The summed E-state index contributed by atoms with van der Waals surface area (Å²) in [4.78, 5) is 35.8. The zero-order chi connectivity index (χ0) is 34.1. The molecule has 2 atom stereocenters. The van der Waals surface area contributed by atoms with Crippen LogP contribution in [0.2, 0.25) is 0 Å². The Hall–Kier alpha value is -4.30. The standard InChI is InChI=1S/C29H37F2N5O2.C2HF3O2/c1-29(2,3)27(36(26(37)16-32)13-12-24(33)28(38)34-4)25-14-20(22-15-21(30)10-11-23(22)31)18-35(25)17-19-8-6-5-7-9-19;3-2(4,5)1(6)7/h5-11,14-15,18,24,27H,12-13,16-17,32-33H2,1-4H3,(H,34,38);(H,6,7)/t24-,27-;/m0./s1. The Balaban J connectivity index is 0.000000900. The SMILES string of the molecule is CNC(=O)[C@@H](N)CCN(C(=O)CN)[C@@H](c1cc(-c2cc(F)ccc2F)cn1Cc1ccccc1)C(C)(C)C.O=C(O)C(F)(F)F. The minimum absolute atomic E-state index is 0.129. The number of amides is 2.